The number of aliphatic hydroxyl groups excluding tert-OH is 1. The SMILES string of the molecule is NC(=O)CCC(=O)N[C@@H]1C[C@@H](Oc2cccc(F)c2)[C@H](O)[C@H]1N1CCN(c2ccccc2)CC1. The fourth-order valence-corrected chi connectivity index (χ4v) is 4.87. The van der Waals surface area contributed by atoms with Gasteiger partial charge in [-0.15, -0.1) is 0 Å². The number of aliphatic hydroxyl groups is 1. The van der Waals surface area contributed by atoms with E-state index in [1.165, 1.54) is 12.1 Å². The maximum Gasteiger partial charge on any atom is 0.220 e. The average Bonchev–Trinajstić information content (AvgIpc) is 3.12. The number of piperazine rings is 1. The number of carbonyl (C=O) groups excluding carboxylic acids is 2. The molecule has 1 saturated heterocycles. The highest BCUT2D eigenvalue weighted by Gasteiger charge is 2.47. The van der Waals surface area contributed by atoms with Crippen molar-refractivity contribution in [3.05, 3.63) is 60.4 Å². The summed E-state index contributed by atoms with van der Waals surface area (Å²) in [6.07, 6.45) is -1.17. The number of para-hydroxylation sites is 1. The van der Waals surface area contributed by atoms with E-state index in [0.29, 0.717) is 25.3 Å². The molecular weight excluding hydrogens is 439 g/mol. The predicted molar refractivity (Wildman–Crippen MR) is 126 cm³/mol. The van der Waals surface area contributed by atoms with Gasteiger partial charge in [0, 0.05) is 57.2 Å². The zero-order valence-corrected chi connectivity index (χ0v) is 19.0. The zero-order valence-electron chi connectivity index (χ0n) is 19.0. The molecule has 0 bridgehead atoms. The van der Waals surface area contributed by atoms with Crippen LogP contribution in [0.25, 0.3) is 0 Å². The normalized spacial score (nSPS) is 25.2. The maximum absolute atomic E-state index is 13.6. The summed E-state index contributed by atoms with van der Waals surface area (Å²) >= 11 is 0. The van der Waals surface area contributed by atoms with E-state index >= 15 is 0 Å². The lowest BCUT2D eigenvalue weighted by Crippen LogP contribution is -2.59. The molecule has 4 N–H and O–H groups in total. The van der Waals surface area contributed by atoms with Gasteiger partial charge in [0.05, 0.1) is 12.1 Å². The smallest absolute Gasteiger partial charge is 0.220 e. The highest BCUT2D eigenvalue weighted by molar-refractivity contribution is 5.83. The summed E-state index contributed by atoms with van der Waals surface area (Å²) in [6, 6.07) is 15.2. The molecule has 2 aromatic carbocycles. The standard InChI is InChI=1S/C25H31FN4O4/c26-17-5-4-8-19(15-17)34-21-16-20(28-23(32)10-9-22(27)31)24(25(21)33)30-13-11-29(12-14-30)18-6-2-1-3-7-18/h1-8,15,20-21,24-25,33H,9-14,16H2,(H2,27,31)(H,28,32)/t20-,21-,24+,25+/m1/s1. The van der Waals surface area contributed by atoms with Crippen molar-refractivity contribution in [2.24, 2.45) is 5.73 Å². The van der Waals surface area contributed by atoms with Crippen LogP contribution in [-0.4, -0.2) is 72.3 Å². The Labute approximate surface area is 198 Å². The Balaban J connectivity index is 1.46. The summed E-state index contributed by atoms with van der Waals surface area (Å²) in [5.41, 5.74) is 6.32. The molecule has 0 unspecified atom stereocenters. The van der Waals surface area contributed by atoms with Gasteiger partial charge in [-0.05, 0) is 24.3 Å². The lowest BCUT2D eigenvalue weighted by Gasteiger charge is -2.42. The molecule has 1 aliphatic carbocycles. The highest BCUT2D eigenvalue weighted by Crippen LogP contribution is 2.31. The molecule has 1 saturated carbocycles. The topological polar surface area (TPSA) is 108 Å². The van der Waals surface area contributed by atoms with Crippen molar-refractivity contribution < 1.29 is 23.8 Å². The molecule has 1 heterocycles. The number of ether oxygens (including phenoxy) is 1. The van der Waals surface area contributed by atoms with Crippen molar-refractivity contribution >= 4 is 17.5 Å². The third kappa shape index (κ3) is 5.84. The summed E-state index contributed by atoms with van der Waals surface area (Å²) in [7, 11) is 0. The molecule has 34 heavy (non-hydrogen) atoms. The second-order valence-corrected chi connectivity index (χ2v) is 8.83. The van der Waals surface area contributed by atoms with Crippen LogP contribution in [0.5, 0.6) is 5.75 Å². The number of nitrogens with one attached hydrogen (secondary N) is 1. The monoisotopic (exact) mass is 470 g/mol. The van der Waals surface area contributed by atoms with Gasteiger partial charge in [-0.3, -0.25) is 14.5 Å². The van der Waals surface area contributed by atoms with Crippen molar-refractivity contribution in [3.8, 4) is 5.75 Å². The van der Waals surface area contributed by atoms with Gasteiger partial charge in [0.2, 0.25) is 11.8 Å². The highest BCUT2D eigenvalue weighted by atomic mass is 19.1. The molecule has 182 valence electrons. The number of hydrogen-bond donors (Lipinski definition) is 3. The predicted octanol–water partition coefficient (Wildman–Crippen LogP) is 1.28. The van der Waals surface area contributed by atoms with Crippen molar-refractivity contribution in [2.75, 3.05) is 31.1 Å². The first kappa shape index (κ1) is 24.0. The van der Waals surface area contributed by atoms with Gasteiger partial charge in [-0.2, -0.15) is 0 Å². The Hall–Kier alpha value is -3.17. The summed E-state index contributed by atoms with van der Waals surface area (Å²) in [6.45, 7) is 2.98. The number of amides is 2. The van der Waals surface area contributed by atoms with Crippen LogP contribution in [0.2, 0.25) is 0 Å². The molecule has 2 amide bonds. The largest absolute Gasteiger partial charge is 0.487 e. The Morgan fingerprint density at radius 2 is 1.79 bits per heavy atom. The fraction of sp³-hybridized carbons (Fsp3) is 0.440. The van der Waals surface area contributed by atoms with Crippen LogP contribution < -0.4 is 20.7 Å². The zero-order chi connectivity index (χ0) is 24.1. The Morgan fingerprint density at radius 3 is 2.47 bits per heavy atom. The molecule has 4 rings (SSSR count). The van der Waals surface area contributed by atoms with E-state index < -0.39 is 23.9 Å². The minimum absolute atomic E-state index is 0.00808. The molecule has 2 aromatic rings. The maximum atomic E-state index is 13.6. The van der Waals surface area contributed by atoms with E-state index in [9.17, 15) is 19.1 Å². The molecule has 0 spiro atoms. The molecule has 0 radical (unpaired) electrons. The Kier molecular flexibility index (Phi) is 7.64. The number of benzene rings is 2. The van der Waals surface area contributed by atoms with Crippen LogP contribution in [0, 0.1) is 5.82 Å². The molecular formula is C25H31FN4O4. The Morgan fingerprint density at radius 1 is 1.06 bits per heavy atom. The van der Waals surface area contributed by atoms with Gasteiger partial charge in [-0.1, -0.05) is 24.3 Å². The number of primary amides is 1. The molecule has 2 fully saturated rings. The van der Waals surface area contributed by atoms with Crippen LogP contribution in [0.4, 0.5) is 10.1 Å². The minimum Gasteiger partial charge on any atom is -0.487 e. The number of anilines is 1. The van der Waals surface area contributed by atoms with E-state index in [2.05, 4.69) is 27.2 Å². The van der Waals surface area contributed by atoms with Gasteiger partial charge >= 0.3 is 0 Å². The number of nitrogens with two attached hydrogens (primary N) is 1. The fourth-order valence-electron chi connectivity index (χ4n) is 4.87. The van der Waals surface area contributed by atoms with Crippen molar-refractivity contribution in [1.82, 2.24) is 10.2 Å². The van der Waals surface area contributed by atoms with E-state index in [0.717, 1.165) is 18.8 Å². The van der Waals surface area contributed by atoms with Gasteiger partial charge in [0.15, 0.2) is 0 Å². The first-order chi connectivity index (χ1) is 16.4. The number of rotatable bonds is 8. The van der Waals surface area contributed by atoms with Crippen LogP contribution in [-0.2, 0) is 9.59 Å². The molecule has 9 heteroatoms. The van der Waals surface area contributed by atoms with Gasteiger partial charge < -0.3 is 25.8 Å². The van der Waals surface area contributed by atoms with Gasteiger partial charge in [-0.25, -0.2) is 4.39 Å². The van der Waals surface area contributed by atoms with E-state index in [4.69, 9.17) is 10.5 Å². The number of halogens is 1. The van der Waals surface area contributed by atoms with Crippen molar-refractivity contribution in [3.63, 3.8) is 0 Å². The van der Waals surface area contributed by atoms with Gasteiger partial charge in [0.1, 0.15) is 23.8 Å². The lowest BCUT2D eigenvalue weighted by molar-refractivity contribution is -0.125. The lowest BCUT2D eigenvalue weighted by atomic mass is 10.1. The molecule has 8 nitrogen and oxygen atoms in total. The Bertz CT molecular complexity index is 984. The molecule has 1 aliphatic heterocycles. The molecule has 0 aromatic heterocycles. The minimum atomic E-state index is -0.881. The summed E-state index contributed by atoms with van der Waals surface area (Å²) in [5, 5.41) is 14.2. The third-order valence-electron chi connectivity index (χ3n) is 6.51. The van der Waals surface area contributed by atoms with E-state index in [1.807, 2.05) is 18.2 Å². The number of nitrogens with zero attached hydrogens (tertiary/aromatic N) is 2. The number of hydrogen-bond acceptors (Lipinski definition) is 6. The van der Waals surface area contributed by atoms with Gasteiger partial charge in [0.25, 0.3) is 0 Å². The summed E-state index contributed by atoms with van der Waals surface area (Å²) in [4.78, 5) is 28.0. The first-order valence-electron chi connectivity index (χ1n) is 11.6. The van der Waals surface area contributed by atoms with Crippen LogP contribution in [0.3, 0.4) is 0 Å². The van der Waals surface area contributed by atoms with Crippen molar-refractivity contribution in [2.45, 2.75) is 43.6 Å². The van der Waals surface area contributed by atoms with E-state index in [1.54, 1.807) is 12.1 Å². The second kappa shape index (κ2) is 10.8. The first-order valence-corrected chi connectivity index (χ1v) is 11.6. The summed E-state index contributed by atoms with van der Waals surface area (Å²) in [5.74, 6) is -0.926. The quantitative estimate of drug-likeness (QED) is 0.537. The van der Waals surface area contributed by atoms with Crippen molar-refractivity contribution in [1.29, 1.82) is 0 Å². The van der Waals surface area contributed by atoms with Crippen LogP contribution in [0.15, 0.2) is 54.6 Å². The van der Waals surface area contributed by atoms with Crippen LogP contribution in [0.1, 0.15) is 19.3 Å². The van der Waals surface area contributed by atoms with Crippen LogP contribution >= 0.6 is 0 Å². The molecule has 2 aliphatic rings. The average molecular weight is 471 g/mol. The number of carbonyl (C=O) groups is 2. The molecule has 4 atom stereocenters. The third-order valence-corrected chi connectivity index (χ3v) is 6.51. The second-order valence-electron chi connectivity index (χ2n) is 8.83. The summed E-state index contributed by atoms with van der Waals surface area (Å²) < 4.78 is 19.6. The van der Waals surface area contributed by atoms with E-state index in [-0.39, 0.29) is 30.8 Å².